The Labute approximate surface area is 104 Å². The van der Waals surface area contributed by atoms with Gasteiger partial charge < -0.3 is 9.73 Å². The van der Waals surface area contributed by atoms with Crippen LogP contribution in [-0.4, -0.2) is 12.6 Å². The molecule has 2 aliphatic rings. The lowest BCUT2D eigenvalue weighted by Gasteiger charge is -2.19. The average molecular weight is 233 g/mol. The molecule has 2 fully saturated rings. The molecule has 3 unspecified atom stereocenters. The number of hydrogen-bond acceptors (Lipinski definition) is 2. The molecule has 3 rings (SSSR count). The first-order valence-corrected chi connectivity index (χ1v) is 7.16. The molecule has 1 N–H and O–H groups in total. The van der Waals surface area contributed by atoms with Gasteiger partial charge in [-0.1, -0.05) is 13.3 Å². The van der Waals surface area contributed by atoms with Crippen LogP contribution < -0.4 is 5.32 Å². The molecular formula is C15H23NO. The van der Waals surface area contributed by atoms with E-state index in [4.69, 9.17) is 4.42 Å². The predicted octanol–water partition coefficient (Wildman–Crippen LogP) is 3.24. The number of hydrogen-bond donors (Lipinski definition) is 1. The van der Waals surface area contributed by atoms with Gasteiger partial charge in [0.2, 0.25) is 0 Å². The van der Waals surface area contributed by atoms with Crippen molar-refractivity contribution in [1.82, 2.24) is 5.32 Å². The van der Waals surface area contributed by atoms with E-state index in [1.807, 2.05) is 6.07 Å². The van der Waals surface area contributed by atoms with Crippen LogP contribution in [0.4, 0.5) is 0 Å². The minimum absolute atomic E-state index is 0.649. The quantitative estimate of drug-likeness (QED) is 0.816. The zero-order valence-corrected chi connectivity index (χ0v) is 10.7. The van der Waals surface area contributed by atoms with Crippen LogP contribution in [0.15, 0.2) is 22.8 Å². The summed E-state index contributed by atoms with van der Waals surface area (Å²) in [5.41, 5.74) is 0. The van der Waals surface area contributed by atoms with Crippen LogP contribution in [0.3, 0.4) is 0 Å². The third-order valence-corrected chi connectivity index (χ3v) is 4.60. The summed E-state index contributed by atoms with van der Waals surface area (Å²) < 4.78 is 5.50. The Morgan fingerprint density at radius 2 is 2.24 bits per heavy atom. The molecule has 2 saturated carbocycles. The van der Waals surface area contributed by atoms with Crippen LogP contribution in [-0.2, 0) is 6.42 Å². The topological polar surface area (TPSA) is 25.2 Å². The normalized spacial score (nSPS) is 32.4. The molecule has 2 nitrogen and oxygen atoms in total. The highest BCUT2D eigenvalue weighted by Gasteiger charge is 2.55. The molecule has 0 bridgehead atoms. The average Bonchev–Trinajstić information content (AvgIpc) is 2.81. The van der Waals surface area contributed by atoms with Crippen LogP contribution in [0.5, 0.6) is 0 Å². The van der Waals surface area contributed by atoms with Crippen LogP contribution in [0.2, 0.25) is 0 Å². The largest absolute Gasteiger partial charge is 0.469 e. The second kappa shape index (κ2) is 4.85. The van der Waals surface area contributed by atoms with Crippen molar-refractivity contribution in [2.24, 2.45) is 17.8 Å². The highest BCUT2D eigenvalue weighted by molar-refractivity contribution is 5.10. The Hall–Kier alpha value is -0.760. The molecule has 0 spiro atoms. The van der Waals surface area contributed by atoms with Crippen molar-refractivity contribution in [2.45, 2.75) is 45.1 Å². The minimum atomic E-state index is 0.649. The molecule has 0 aromatic carbocycles. The van der Waals surface area contributed by atoms with Crippen molar-refractivity contribution in [2.75, 3.05) is 6.54 Å². The number of fused-ring (bicyclic) bond motifs is 1. The molecule has 1 heterocycles. The zero-order chi connectivity index (χ0) is 11.7. The molecule has 0 radical (unpaired) electrons. The standard InChI is InChI=1S/C15H23NO/c1-2-8-16-14(10-11-5-4-9-17-11)15-12-6-3-7-13(12)15/h4-5,9,12-16H,2-3,6-8,10H2,1H3. The molecule has 94 valence electrons. The lowest BCUT2D eigenvalue weighted by molar-refractivity contribution is 0.375. The van der Waals surface area contributed by atoms with Crippen LogP contribution in [0.1, 0.15) is 38.4 Å². The molecule has 0 saturated heterocycles. The highest BCUT2D eigenvalue weighted by Crippen LogP contribution is 2.59. The minimum Gasteiger partial charge on any atom is -0.469 e. The van der Waals surface area contributed by atoms with E-state index in [1.165, 1.54) is 25.7 Å². The molecule has 1 aromatic rings. The smallest absolute Gasteiger partial charge is 0.105 e. The van der Waals surface area contributed by atoms with Gasteiger partial charge in [-0.2, -0.15) is 0 Å². The monoisotopic (exact) mass is 233 g/mol. The first-order chi connectivity index (χ1) is 8.40. The number of nitrogens with one attached hydrogen (secondary N) is 1. The maximum Gasteiger partial charge on any atom is 0.105 e. The van der Waals surface area contributed by atoms with Gasteiger partial charge in [0, 0.05) is 12.5 Å². The fourth-order valence-corrected chi connectivity index (χ4v) is 3.79. The lowest BCUT2D eigenvalue weighted by Crippen LogP contribution is -2.35. The molecule has 0 amide bonds. The summed E-state index contributed by atoms with van der Waals surface area (Å²) in [6.07, 6.45) is 8.49. The summed E-state index contributed by atoms with van der Waals surface area (Å²) >= 11 is 0. The van der Waals surface area contributed by atoms with Crippen molar-refractivity contribution in [1.29, 1.82) is 0 Å². The Morgan fingerprint density at radius 3 is 2.88 bits per heavy atom. The van der Waals surface area contributed by atoms with E-state index >= 15 is 0 Å². The molecular weight excluding hydrogens is 210 g/mol. The van der Waals surface area contributed by atoms with Gasteiger partial charge in [-0.15, -0.1) is 0 Å². The summed E-state index contributed by atoms with van der Waals surface area (Å²) in [5.74, 6) is 4.13. The summed E-state index contributed by atoms with van der Waals surface area (Å²) in [5, 5.41) is 3.74. The van der Waals surface area contributed by atoms with E-state index in [9.17, 15) is 0 Å². The van der Waals surface area contributed by atoms with Gasteiger partial charge in [0.05, 0.1) is 6.26 Å². The van der Waals surface area contributed by atoms with E-state index in [1.54, 1.807) is 6.26 Å². The van der Waals surface area contributed by atoms with Gasteiger partial charge in [-0.3, -0.25) is 0 Å². The molecule has 0 aliphatic heterocycles. The predicted molar refractivity (Wildman–Crippen MR) is 68.8 cm³/mol. The van der Waals surface area contributed by atoms with Crippen LogP contribution in [0.25, 0.3) is 0 Å². The van der Waals surface area contributed by atoms with Gasteiger partial charge in [-0.25, -0.2) is 0 Å². The Balaban J connectivity index is 1.61. The number of rotatable bonds is 6. The molecule has 17 heavy (non-hydrogen) atoms. The van der Waals surface area contributed by atoms with Crippen LogP contribution >= 0.6 is 0 Å². The molecule has 2 aliphatic carbocycles. The van der Waals surface area contributed by atoms with Gasteiger partial charge in [0.1, 0.15) is 5.76 Å². The Kier molecular flexibility index (Phi) is 3.24. The van der Waals surface area contributed by atoms with Gasteiger partial charge >= 0.3 is 0 Å². The Bertz CT molecular complexity index is 336. The van der Waals surface area contributed by atoms with Crippen molar-refractivity contribution >= 4 is 0 Å². The van der Waals surface area contributed by atoms with Crippen molar-refractivity contribution in [3.8, 4) is 0 Å². The SMILES string of the molecule is CCCNC(Cc1ccco1)C1C2CCCC21. The molecule has 2 heteroatoms. The Morgan fingerprint density at radius 1 is 1.41 bits per heavy atom. The summed E-state index contributed by atoms with van der Waals surface area (Å²) in [6, 6.07) is 4.76. The maximum atomic E-state index is 5.50. The maximum absolute atomic E-state index is 5.50. The summed E-state index contributed by atoms with van der Waals surface area (Å²) in [6.45, 7) is 3.38. The summed E-state index contributed by atoms with van der Waals surface area (Å²) in [7, 11) is 0. The fourth-order valence-electron chi connectivity index (χ4n) is 3.79. The van der Waals surface area contributed by atoms with E-state index in [0.717, 1.165) is 36.5 Å². The van der Waals surface area contributed by atoms with Gasteiger partial charge in [0.15, 0.2) is 0 Å². The zero-order valence-electron chi connectivity index (χ0n) is 10.7. The lowest BCUT2D eigenvalue weighted by atomic mass is 10.00. The van der Waals surface area contributed by atoms with E-state index in [0.29, 0.717) is 6.04 Å². The first kappa shape index (κ1) is 11.3. The van der Waals surface area contributed by atoms with Crippen LogP contribution in [0, 0.1) is 17.8 Å². The summed E-state index contributed by atoms with van der Waals surface area (Å²) in [4.78, 5) is 0. The van der Waals surface area contributed by atoms with Gasteiger partial charge in [-0.05, 0) is 55.7 Å². The second-order valence-electron chi connectivity index (χ2n) is 5.68. The van der Waals surface area contributed by atoms with Crippen molar-refractivity contribution in [3.63, 3.8) is 0 Å². The fraction of sp³-hybridized carbons (Fsp3) is 0.733. The van der Waals surface area contributed by atoms with Crippen molar-refractivity contribution < 1.29 is 4.42 Å². The first-order valence-electron chi connectivity index (χ1n) is 7.16. The highest BCUT2D eigenvalue weighted by atomic mass is 16.3. The van der Waals surface area contributed by atoms with Crippen molar-refractivity contribution in [3.05, 3.63) is 24.2 Å². The third-order valence-electron chi connectivity index (χ3n) is 4.60. The molecule has 1 aromatic heterocycles. The second-order valence-corrected chi connectivity index (χ2v) is 5.68. The van der Waals surface area contributed by atoms with E-state index in [-0.39, 0.29) is 0 Å². The van der Waals surface area contributed by atoms with E-state index < -0.39 is 0 Å². The molecule has 3 atom stereocenters. The van der Waals surface area contributed by atoms with E-state index in [2.05, 4.69) is 18.3 Å². The third kappa shape index (κ3) is 2.28. The van der Waals surface area contributed by atoms with Gasteiger partial charge in [0.25, 0.3) is 0 Å². The number of furan rings is 1.